The van der Waals surface area contributed by atoms with Gasteiger partial charge >= 0.3 is 5.97 Å². The number of carbonyl (C=O) groups excluding carboxylic acids is 2. The number of rotatable bonds is 6. The van der Waals surface area contributed by atoms with E-state index in [0.29, 0.717) is 23.6 Å². The van der Waals surface area contributed by atoms with E-state index in [1.165, 1.54) is 11.3 Å². The number of benzene rings is 1. The second-order valence-electron chi connectivity index (χ2n) is 6.06. The second kappa shape index (κ2) is 8.50. The first-order valence-electron chi connectivity index (χ1n) is 8.41. The van der Waals surface area contributed by atoms with Crippen LogP contribution in [0.3, 0.4) is 0 Å². The molecule has 1 amide bonds. The maximum Gasteiger partial charge on any atom is 0.339 e. The number of nitrogens with one attached hydrogen (secondary N) is 1. The fraction of sp³-hybridized carbons (Fsp3) is 0.368. The van der Waals surface area contributed by atoms with Gasteiger partial charge in [-0.25, -0.2) is 4.79 Å². The van der Waals surface area contributed by atoms with E-state index in [4.69, 9.17) is 16.3 Å². The van der Waals surface area contributed by atoms with E-state index in [9.17, 15) is 9.59 Å². The first-order valence-corrected chi connectivity index (χ1v) is 9.67. The van der Waals surface area contributed by atoms with E-state index >= 15 is 0 Å². The van der Waals surface area contributed by atoms with Crippen molar-refractivity contribution in [2.75, 3.05) is 13.2 Å². The number of carbonyl (C=O) groups is 2. The van der Waals surface area contributed by atoms with Crippen LogP contribution in [-0.2, 0) is 28.8 Å². The summed E-state index contributed by atoms with van der Waals surface area (Å²) >= 11 is 7.45. The van der Waals surface area contributed by atoms with Crippen LogP contribution in [0.4, 0.5) is 0 Å². The van der Waals surface area contributed by atoms with Gasteiger partial charge in [0.1, 0.15) is 0 Å². The molecule has 0 saturated carbocycles. The molecule has 1 heterocycles. The average molecular weight is 378 g/mol. The highest BCUT2D eigenvalue weighted by Crippen LogP contribution is 2.30. The Labute approximate surface area is 156 Å². The van der Waals surface area contributed by atoms with Crippen LogP contribution >= 0.6 is 22.9 Å². The Kier molecular flexibility index (Phi) is 6.10. The summed E-state index contributed by atoms with van der Waals surface area (Å²) in [6.07, 6.45) is 4.96. The molecule has 0 fully saturated rings. The molecule has 0 radical (unpaired) electrons. The number of aryl methyl sites for hydroxylation is 1. The molecule has 0 spiro atoms. The van der Waals surface area contributed by atoms with Gasteiger partial charge in [0.05, 0.1) is 5.56 Å². The average Bonchev–Trinajstić information content (AvgIpc) is 3.05. The van der Waals surface area contributed by atoms with Gasteiger partial charge in [-0.15, -0.1) is 11.3 Å². The van der Waals surface area contributed by atoms with Crippen molar-refractivity contribution in [3.8, 4) is 0 Å². The minimum atomic E-state index is -0.396. The summed E-state index contributed by atoms with van der Waals surface area (Å²) in [6, 6.07) is 7.49. The lowest BCUT2D eigenvalue weighted by atomic mass is 9.96. The molecule has 0 saturated heterocycles. The SMILES string of the molecule is O=C(COC(=O)c1csc2c1CCCC2)NCCc1ccc(Cl)cc1. The van der Waals surface area contributed by atoms with Crippen molar-refractivity contribution in [1.82, 2.24) is 5.32 Å². The van der Waals surface area contributed by atoms with E-state index < -0.39 is 5.97 Å². The van der Waals surface area contributed by atoms with Crippen molar-refractivity contribution < 1.29 is 14.3 Å². The Morgan fingerprint density at radius 3 is 2.72 bits per heavy atom. The Morgan fingerprint density at radius 1 is 1.16 bits per heavy atom. The van der Waals surface area contributed by atoms with Crippen LogP contribution in [0.1, 0.15) is 39.2 Å². The fourth-order valence-electron chi connectivity index (χ4n) is 2.92. The first-order chi connectivity index (χ1) is 12.1. The predicted molar refractivity (Wildman–Crippen MR) is 99.4 cm³/mol. The van der Waals surface area contributed by atoms with E-state index in [-0.39, 0.29) is 12.5 Å². The number of esters is 1. The van der Waals surface area contributed by atoms with Gasteiger partial charge in [0.2, 0.25) is 0 Å². The molecule has 1 N–H and O–H groups in total. The zero-order chi connectivity index (χ0) is 17.6. The lowest BCUT2D eigenvalue weighted by Crippen LogP contribution is -2.30. The lowest BCUT2D eigenvalue weighted by Gasteiger charge is -2.12. The molecule has 1 aliphatic carbocycles. The molecule has 0 aliphatic heterocycles. The minimum absolute atomic E-state index is 0.246. The molecule has 0 unspecified atom stereocenters. The van der Waals surface area contributed by atoms with E-state index in [2.05, 4.69) is 5.32 Å². The van der Waals surface area contributed by atoms with Gasteiger partial charge in [0, 0.05) is 21.8 Å². The van der Waals surface area contributed by atoms with Crippen molar-refractivity contribution >= 4 is 34.8 Å². The number of amides is 1. The maximum absolute atomic E-state index is 12.2. The first kappa shape index (κ1) is 18.0. The third-order valence-electron chi connectivity index (χ3n) is 4.26. The summed E-state index contributed by atoms with van der Waals surface area (Å²) in [7, 11) is 0. The van der Waals surface area contributed by atoms with Crippen molar-refractivity contribution in [1.29, 1.82) is 0 Å². The van der Waals surface area contributed by atoms with Crippen LogP contribution in [0.25, 0.3) is 0 Å². The van der Waals surface area contributed by atoms with Crippen molar-refractivity contribution in [2.24, 2.45) is 0 Å². The van der Waals surface area contributed by atoms with Crippen molar-refractivity contribution in [2.45, 2.75) is 32.1 Å². The molecular weight excluding hydrogens is 358 g/mol. The van der Waals surface area contributed by atoms with Crippen LogP contribution in [0, 0.1) is 0 Å². The summed E-state index contributed by atoms with van der Waals surface area (Å²) in [4.78, 5) is 25.3. The Bertz CT molecular complexity index is 755. The van der Waals surface area contributed by atoms with Crippen LogP contribution in [-0.4, -0.2) is 25.0 Å². The number of halogens is 1. The molecule has 4 nitrogen and oxygen atoms in total. The predicted octanol–water partition coefficient (Wildman–Crippen LogP) is 3.80. The summed E-state index contributed by atoms with van der Waals surface area (Å²) < 4.78 is 5.17. The molecular formula is C19H20ClNO3S. The van der Waals surface area contributed by atoms with Crippen LogP contribution in [0.5, 0.6) is 0 Å². The summed E-state index contributed by atoms with van der Waals surface area (Å²) in [5.74, 6) is -0.682. The van der Waals surface area contributed by atoms with E-state index in [0.717, 1.165) is 30.4 Å². The molecule has 0 atom stereocenters. The maximum atomic E-state index is 12.2. The number of hydrogen-bond donors (Lipinski definition) is 1. The monoisotopic (exact) mass is 377 g/mol. The zero-order valence-electron chi connectivity index (χ0n) is 13.8. The third-order valence-corrected chi connectivity index (χ3v) is 5.61. The minimum Gasteiger partial charge on any atom is -0.452 e. The van der Waals surface area contributed by atoms with E-state index in [1.807, 2.05) is 29.6 Å². The highest BCUT2D eigenvalue weighted by molar-refractivity contribution is 7.10. The Morgan fingerprint density at radius 2 is 1.92 bits per heavy atom. The lowest BCUT2D eigenvalue weighted by molar-refractivity contribution is -0.124. The molecule has 1 aliphatic rings. The van der Waals surface area contributed by atoms with E-state index in [1.54, 1.807) is 11.3 Å². The third kappa shape index (κ3) is 4.83. The fourth-order valence-corrected chi connectivity index (χ4v) is 4.16. The molecule has 1 aromatic heterocycles. The molecule has 1 aromatic carbocycles. The topological polar surface area (TPSA) is 55.4 Å². The largest absolute Gasteiger partial charge is 0.452 e. The number of fused-ring (bicyclic) bond motifs is 1. The smallest absolute Gasteiger partial charge is 0.339 e. The van der Waals surface area contributed by atoms with Crippen molar-refractivity contribution in [3.05, 3.63) is 56.2 Å². The van der Waals surface area contributed by atoms with Gasteiger partial charge in [-0.3, -0.25) is 4.79 Å². The molecule has 132 valence electrons. The summed E-state index contributed by atoms with van der Waals surface area (Å²) in [5, 5.41) is 5.31. The highest BCUT2D eigenvalue weighted by Gasteiger charge is 2.21. The summed E-state index contributed by atoms with van der Waals surface area (Å²) in [6.45, 7) is 0.246. The normalized spacial score (nSPS) is 13.2. The van der Waals surface area contributed by atoms with Gasteiger partial charge in [0.15, 0.2) is 6.61 Å². The molecule has 2 aromatic rings. The second-order valence-corrected chi connectivity index (χ2v) is 7.46. The molecule has 25 heavy (non-hydrogen) atoms. The van der Waals surface area contributed by atoms with Gasteiger partial charge in [-0.2, -0.15) is 0 Å². The standard InChI is InChI=1S/C19H20ClNO3S/c20-14-7-5-13(6-8-14)9-10-21-18(22)11-24-19(23)16-12-25-17-4-2-1-3-15(16)17/h5-8,12H,1-4,9-11H2,(H,21,22). The van der Waals surface area contributed by atoms with Gasteiger partial charge in [-0.1, -0.05) is 23.7 Å². The number of thiophene rings is 1. The Balaban J connectivity index is 1.42. The Hall–Kier alpha value is -1.85. The summed E-state index contributed by atoms with van der Waals surface area (Å²) in [5.41, 5.74) is 2.84. The molecule has 0 bridgehead atoms. The molecule has 3 rings (SSSR count). The number of ether oxygens (including phenoxy) is 1. The van der Waals surface area contributed by atoms with Crippen LogP contribution < -0.4 is 5.32 Å². The van der Waals surface area contributed by atoms with Crippen LogP contribution in [0.15, 0.2) is 29.6 Å². The van der Waals surface area contributed by atoms with Crippen molar-refractivity contribution in [3.63, 3.8) is 0 Å². The quantitative estimate of drug-likeness (QED) is 0.779. The van der Waals surface area contributed by atoms with Gasteiger partial charge in [-0.05, 0) is 55.4 Å². The zero-order valence-corrected chi connectivity index (χ0v) is 15.4. The van der Waals surface area contributed by atoms with Gasteiger partial charge < -0.3 is 10.1 Å². The van der Waals surface area contributed by atoms with Gasteiger partial charge in [0.25, 0.3) is 5.91 Å². The number of hydrogen-bond acceptors (Lipinski definition) is 4. The van der Waals surface area contributed by atoms with Crippen LogP contribution in [0.2, 0.25) is 5.02 Å². The highest BCUT2D eigenvalue weighted by atomic mass is 35.5. The molecule has 6 heteroatoms.